The van der Waals surface area contributed by atoms with Crippen molar-refractivity contribution < 1.29 is 19.2 Å². The summed E-state index contributed by atoms with van der Waals surface area (Å²) in [4.78, 5) is 22.0. The molecule has 2 heterocycles. The Morgan fingerprint density at radius 3 is 2.74 bits per heavy atom. The second-order valence-corrected chi connectivity index (χ2v) is 4.51. The molecule has 2 aliphatic heterocycles. The van der Waals surface area contributed by atoms with Gasteiger partial charge in [0.15, 0.2) is 0 Å². The average molecular weight is 261 g/mol. The Kier molecular flexibility index (Phi) is 2.88. The van der Waals surface area contributed by atoms with Gasteiger partial charge in [-0.2, -0.15) is 0 Å². The van der Waals surface area contributed by atoms with Gasteiger partial charge in [0.05, 0.1) is 17.6 Å². The van der Waals surface area contributed by atoms with Crippen LogP contribution in [0.25, 0.3) is 6.08 Å². The maximum absolute atomic E-state index is 11.9. The summed E-state index contributed by atoms with van der Waals surface area (Å²) in [6.45, 7) is 0.439. The van der Waals surface area contributed by atoms with E-state index in [0.717, 1.165) is 5.56 Å². The van der Waals surface area contributed by atoms with E-state index in [1.807, 2.05) is 0 Å². The maximum atomic E-state index is 11.9. The van der Waals surface area contributed by atoms with Gasteiger partial charge in [-0.15, -0.1) is 0 Å². The second-order valence-electron chi connectivity index (χ2n) is 4.51. The summed E-state index contributed by atoms with van der Waals surface area (Å²) in [5, 5.41) is 10.6. The highest BCUT2D eigenvalue weighted by atomic mass is 16.7. The fraction of sp³-hybridized carbons (Fsp3) is 0.308. The summed E-state index contributed by atoms with van der Waals surface area (Å²) in [6, 6.07) is 6.08. The molecular formula is C13H11NO5. The zero-order valence-corrected chi connectivity index (χ0v) is 9.94. The van der Waals surface area contributed by atoms with Crippen molar-refractivity contribution in [3.63, 3.8) is 0 Å². The van der Waals surface area contributed by atoms with Crippen molar-refractivity contribution in [3.8, 4) is 0 Å². The number of rotatable bonds is 2. The van der Waals surface area contributed by atoms with E-state index in [-0.39, 0.29) is 17.6 Å². The van der Waals surface area contributed by atoms with E-state index in [9.17, 15) is 14.9 Å². The van der Waals surface area contributed by atoms with Crippen LogP contribution in [-0.2, 0) is 14.3 Å². The van der Waals surface area contributed by atoms with Crippen molar-refractivity contribution in [2.45, 2.75) is 18.8 Å². The molecule has 98 valence electrons. The molecule has 3 rings (SSSR count). The number of Topliss-reactive ketones (excluding diaryl/α,β-unsaturated/α-hetero) is 1. The van der Waals surface area contributed by atoms with Crippen LogP contribution in [0.3, 0.4) is 0 Å². The fourth-order valence-electron chi connectivity index (χ4n) is 2.21. The SMILES string of the molecule is O=C1/C(=C/c2ccc([N+](=O)[O-])cc2)C[C@H]2CO[C@@H]1O2. The molecule has 1 aromatic rings. The van der Waals surface area contributed by atoms with Gasteiger partial charge < -0.3 is 9.47 Å². The normalized spacial score (nSPS) is 27.8. The van der Waals surface area contributed by atoms with Crippen molar-refractivity contribution in [1.82, 2.24) is 0 Å². The lowest BCUT2D eigenvalue weighted by Gasteiger charge is -2.19. The highest BCUT2D eigenvalue weighted by Gasteiger charge is 2.39. The average Bonchev–Trinajstić information content (AvgIpc) is 2.80. The summed E-state index contributed by atoms with van der Waals surface area (Å²) < 4.78 is 10.5. The Labute approximate surface area is 108 Å². The van der Waals surface area contributed by atoms with Crippen LogP contribution < -0.4 is 0 Å². The number of ketones is 1. The first kappa shape index (κ1) is 12.0. The molecule has 2 fully saturated rings. The molecule has 0 N–H and O–H groups in total. The Morgan fingerprint density at radius 1 is 1.32 bits per heavy atom. The molecule has 19 heavy (non-hydrogen) atoms. The van der Waals surface area contributed by atoms with Gasteiger partial charge in [0, 0.05) is 24.1 Å². The van der Waals surface area contributed by atoms with Crippen molar-refractivity contribution in [3.05, 3.63) is 45.5 Å². The third-order valence-corrected chi connectivity index (χ3v) is 3.17. The zero-order chi connectivity index (χ0) is 13.4. The minimum Gasteiger partial charge on any atom is -0.343 e. The van der Waals surface area contributed by atoms with Crippen LogP contribution >= 0.6 is 0 Å². The van der Waals surface area contributed by atoms with Gasteiger partial charge in [0.25, 0.3) is 5.69 Å². The van der Waals surface area contributed by atoms with Gasteiger partial charge in [0.1, 0.15) is 0 Å². The van der Waals surface area contributed by atoms with Crippen LogP contribution in [0.1, 0.15) is 12.0 Å². The molecular weight excluding hydrogens is 250 g/mol. The first-order valence-corrected chi connectivity index (χ1v) is 5.90. The minimum absolute atomic E-state index is 0.0313. The number of carbonyl (C=O) groups is 1. The Balaban J connectivity index is 1.85. The first-order chi connectivity index (χ1) is 9.13. The topological polar surface area (TPSA) is 78.7 Å². The molecule has 6 nitrogen and oxygen atoms in total. The predicted octanol–water partition coefficient (Wildman–Crippen LogP) is 1.69. The van der Waals surface area contributed by atoms with Gasteiger partial charge in [0.2, 0.25) is 12.1 Å². The van der Waals surface area contributed by atoms with Crippen LogP contribution in [0.2, 0.25) is 0 Å². The highest BCUT2D eigenvalue weighted by Crippen LogP contribution is 2.29. The first-order valence-electron chi connectivity index (χ1n) is 5.90. The summed E-state index contributed by atoms with van der Waals surface area (Å²) >= 11 is 0. The lowest BCUT2D eigenvalue weighted by Crippen LogP contribution is -2.30. The van der Waals surface area contributed by atoms with Crippen LogP contribution in [-0.4, -0.2) is 29.7 Å². The van der Waals surface area contributed by atoms with Crippen LogP contribution in [0, 0.1) is 10.1 Å². The Hall–Kier alpha value is -2.05. The van der Waals surface area contributed by atoms with Crippen molar-refractivity contribution in [1.29, 1.82) is 0 Å². The number of hydrogen-bond donors (Lipinski definition) is 0. The van der Waals surface area contributed by atoms with E-state index in [4.69, 9.17) is 9.47 Å². The summed E-state index contributed by atoms with van der Waals surface area (Å²) in [7, 11) is 0. The molecule has 0 unspecified atom stereocenters. The minimum atomic E-state index is -0.775. The number of hydrogen-bond acceptors (Lipinski definition) is 5. The second kappa shape index (κ2) is 4.56. The van der Waals surface area contributed by atoms with E-state index >= 15 is 0 Å². The monoisotopic (exact) mass is 261 g/mol. The summed E-state index contributed by atoms with van der Waals surface area (Å²) in [5.41, 5.74) is 1.44. The van der Waals surface area contributed by atoms with Gasteiger partial charge in [-0.25, -0.2) is 0 Å². The number of carbonyl (C=O) groups excluding carboxylic acids is 1. The Bertz CT molecular complexity index is 563. The standard InChI is InChI=1S/C13H11NO5/c15-12-9(6-11-7-18-13(12)19-11)5-8-1-3-10(4-2-8)14(16)17/h1-5,11,13H,6-7H2/b9-5+/t11-,13+/m0/s1. The number of fused-ring (bicyclic) bond motifs is 2. The van der Waals surface area contributed by atoms with Crippen LogP contribution in [0.5, 0.6) is 0 Å². The lowest BCUT2D eigenvalue weighted by molar-refractivity contribution is -0.384. The van der Waals surface area contributed by atoms with Crippen molar-refractivity contribution in [2.24, 2.45) is 0 Å². The highest BCUT2D eigenvalue weighted by molar-refractivity contribution is 6.02. The molecule has 0 saturated carbocycles. The molecule has 0 amide bonds. The number of nitro benzene ring substituents is 1. The quantitative estimate of drug-likeness (QED) is 0.460. The Morgan fingerprint density at radius 2 is 2.05 bits per heavy atom. The third kappa shape index (κ3) is 2.27. The predicted molar refractivity (Wildman–Crippen MR) is 65.3 cm³/mol. The third-order valence-electron chi connectivity index (χ3n) is 3.17. The number of nitro groups is 1. The van der Waals surface area contributed by atoms with Crippen molar-refractivity contribution >= 4 is 17.5 Å². The lowest BCUT2D eigenvalue weighted by atomic mass is 9.99. The molecule has 2 atom stereocenters. The van der Waals surface area contributed by atoms with Gasteiger partial charge in [-0.05, 0) is 23.8 Å². The molecule has 1 aromatic carbocycles. The molecule has 0 aromatic heterocycles. The summed E-state index contributed by atoms with van der Waals surface area (Å²) in [5.74, 6) is -0.160. The van der Waals surface area contributed by atoms with Gasteiger partial charge in [-0.1, -0.05) is 0 Å². The zero-order valence-electron chi connectivity index (χ0n) is 9.94. The fourth-order valence-corrected chi connectivity index (χ4v) is 2.21. The van der Waals surface area contributed by atoms with Gasteiger partial charge in [-0.3, -0.25) is 14.9 Å². The number of non-ortho nitro benzene ring substituents is 1. The van der Waals surface area contributed by atoms with E-state index in [1.54, 1.807) is 18.2 Å². The number of benzene rings is 1. The molecule has 0 radical (unpaired) electrons. The van der Waals surface area contributed by atoms with Crippen LogP contribution in [0.4, 0.5) is 5.69 Å². The van der Waals surface area contributed by atoms with E-state index < -0.39 is 11.2 Å². The molecule has 6 heteroatoms. The molecule has 2 saturated heterocycles. The van der Waals surface area contributed by atoms with Gasteiger partial charge >= 0.3 is 0 Å². The number of nitrogens with zero attached hydrogens (tertiary/aromatic N) is 1. The number of ether oxygens (including phenoxy) is 2. The van der Waals surface area contributed by atoms with Crippen molar-refractivity contribution in [2.75, 3.05) is 6.61 Å². The van der Waals surface area contributed by atoms with Crippen LogP contribution in [0.15, 0.2) is 29.8 Å². The smallest absolute Gasteiger partial charge is 0.269 e. The molecule has 2 bridgehead atoms. The largest absolute Gasteiger partial charge is 0.343 e. The van der Waals surface area contributed by atoms with E-state index in [2.05, 4.69) is 0 Å². The van der Waals surface area contributed by atoms with E-state index in [0.29, 0.717) is 18.6 Å². The summed E-state index contributed by atoms with van der Waals surface area (Å²) in [6.07, 6.45) is 1.42. The molecule has 0 aliphatic carbocycles. The molecule has 0 spiro atoms. The maximum Gasteiger partial charge on any atom is 0.269 e. The molecule has 2 aliphatic rings. The van der Waals surface area contributed by atoms with E-state index in [1.165, 1.54) is 12.1 Å².